The normalized spacial score (nSPS) is 11.5. The number of rotatable bonds is 5. The Morgan fingerprint density at radius 1 is 1.24 bits per heavy atom. The van der Waals surface area contributed by atoms with Gasteiger partial charge in [0.15, 0.2) is 0 Å². The van der Waals surface area contributed by atoms with Gasteiger partial charge in [0, 0.05) is 27.2 Å². The Balaban J connectivity index is 2.90. The number of anilines is 2. The average Bonchev–Trinajstić information content (AvgIpc) is 2.51. The van der Waals surface area contributed by atoms with Crippen LogP contribution in [-0.2, 0) is 7.05 Å². The van der Waals surface area contributed by atoms with Crippen molar-refractivity contribution in [2.45, 2.75) is 19.8 Å². The third-order valence-electron chi connectivity index (χ3n) is 2.87. The van der Waals surface area contributed by atoms with E-state index in [1.54, 1.807) is 0 Å². The van der Waals surface area contributed by atoms with E-state index in [2.05, 4.69) is 49.9 Å². The van der Waals surface area contributed by atoms with E-state index in [1.165, 1.54) is 0 Å². The van der Waals surface area contributed by atoms with E-state index >= 15 is 0 Å². The van der Waals surface area contributed by atoms with Crippen LogP contribution in [0.3, 0.4) is 0 Å². The molecule has 5 nitrogen and oxygen atoms in total. The molecule has 0 atom stereocenters. The molecule has 0 saturated carbocycles. The fraction of sp³-hybridized carbons (Fsp3) is 0.750. The summed E-state index contributed by atoms with van der Waals surface area (Å²) in [5.74, 6) is 1.37. The Kier molecular flexibility index (Phi) is 4.40. The first-order valence-corrected chi connectivity index (χ1v) is 6.02. The maximum absolute atomic E-state index is 6.17. The van der Waals surface area contributed by atoms with Crippen LogP contribution in [0.5, 0.6) is 0 Å². The van der Waals surface area contributed by atoms with Gasteiger partial charge >= 0.3 is 0 Å². The molecule has 1 heterocycles. The average molecular weight is 239 g/mol. The molecule has 17 heavy (non-hydrogen) atoms. The van der Waals surface area contributed by atoms with Crippen molar-refractivity contribution >= 4 is 11.5 Å². The number of hydrogen-bond acceptors (Lipinski definition) is 4. The molecule has 1 aromatic heterocycles. The number of nitrogens with two attached hydrogens (primary N) is 1. The highest BCUT2D eigenvalue weighted by Gasteiger charge is 2.18. The van der Waals surface area contributed by atoms with Crippen molar-refractivity contribution in [2.75, 3.05) is 44.9 Å². The molecular formula is C12H25N5. The molecule has 0 aliphatic rings. The van der Waals surface area contributed by atoms with Gasteiger partial charge in [-0.05, 0) is 20.0 Å². The van der Waals surface area contributed by atoms with E-state index < -0.39 is 0 Å². The van der Waals surface area contributed by atoms with Crippen LogP contribution in [-0.4, -0.2) is 48.9 Å². The monoisotopic (exact) mass is 239 g/mol. The molecular weight excluding hydrogens is 214 g/mol. The van der Waals surface area contributed by atoms with Crippen molar-refractivity contribution in [3.8, 4) is 0 Å². The quantitative estimate of drug-likeness (QED) is 0.836. The Morgan fingerprint density at radius 3 is 2.24 bits per heavy atom. The second-order valence-electron chi connectivity index (χ2n) is 5.13. The predicted octanol–water partition coefficient (Wildman–Crippen LogP) is 1.12. The zero-order valence-corrected chi connectivity index (χ0v) is 11.9. The van der Waals surface area contributed by atoms with E-state index in [0.29, 0.717) is 5.92 Å². The molecule has 0 unspecified atom stereocenters. The van der Waals surface area contributed by atoms with Gasteiger partial charge in [0.05, 0.1) is 11.4 Å². The molecule has 1 rings (SSSR count). The molecule has 0 fully saturated rings. The lowest BCUT2D eigenvalue weighted by molar-refractivity contribution is 0.415. The number of aryl methyl sites for hydroxylation is 1. The fourth-order valence-corrected chi connectivity index (χ4v) is 1.89. The highest BCUT2D eigenvalue weighted by atomic mass is 15.4. The first-order valence-electron chi connectivity index (χ1n) is 6.02. The van der Waals surface area contributed by atoms with E-state index in [1.807, 2.05) is 11.7 Å². The summed E-state index contributed by atoms with van der Waals surface area (Å²) in [5, 5.41) is 4.49. The molecule has 0 amide bonds. The van der Waals surface area contributed by atoms with Gasteiger partial charge in [0.2, 0.25) is 0 Å². The molecule has 0 spiro atoms. The molecule has 98 valence electrons. The van der Waals surface area contributed by atoms with Crippen LogP contribution in [0, 0.1) is 0 Å². The minimum atomic E-state index is 0.359. The van der Waals surface area contributed by atoms with Crippen LogP contribution in [0.4, 0.5) is 11.5 Å². The Labute approximate surface area is 104 Å². The Morgan fingerprint density at radius 2 is 1.82 bits per heavy atom. The zero-order chi connectivity index (χ0) is 13.2. The van der Waals surface area contributed by atoms with Gasteiger partial charge in [-0.3, -0.25) is 4.68 Å². The standard InChI is InChI=1S/C12H25N5/c1-9(2)11-10(13)12(17(6)14-11)16(5)8-7-15(3)4/h9H,7-8,13H2,1-6H3. The van der Waals surface area contributed by atoms with Crippen molar-refractivity contribution < 1.29 is 0 Å². The smallest absolute Gasteiger partial charge is 0.150 e. The summed E-state index contributed by atoms with van der Waals surface area (Å²) in [6.45, 7) is 6.16. The van der Waals surface area contributed by atoms with E-state index in [9.17, 15) is 0 Å². The molecule has 0 radical (unpaired) electrons. The van der Waals surface area contributed by atoms with Gasteiger partial charge in [0.25, 0.3) is 0 Å². The van der Waals surface area contributed by atoms with Crippen LogP contribution >= 0.6 is 0 Å². The number of nitrogens with zero attached hydrogens (tertiary/aromatic N) is 4. The third kappa shape index (κ3) is 3.12. The lowest BCUT2D eigenvalue weighted by atomic mass is 10.1. The van der Waals surface area contributed by atoms with Gasteiger partial charge in [-0.1, -0.05) is 13.8 Å². The van der Waals surface area contributed by atoms with Gasteiger partial charge in [-0.2, -0.15) is 5.10 Å². The highest BCUT2D eigenvalue weighted by molar-refractivity contribution is 5.66. The molecule has 1 aromatic rings. The van der Waals surface area contributed by atoms with E-state index in [-0.39, 0.29) is 0 Å². The van der Waals surface area contributed by atoms with Gasteiger partial charge < -0.3 is 15.5 Å². The topological polar surface area (TPSA) is 50.3 Å². The largest absolute Gasteiger partial charge is 0.394 e. The summed E-state index contributed by atoms with van der Waals surface area (Å²) >= 11 is 0. The minimum Gasteiger partial charge on any atom is -0.394 e. The van der Waals surface area contributed by atoms with E-state index in [0.717, 1.165) is 30.3 Å². The van der Waals surface area contributed by atoms with E-state index in [4.69, 9.17) is 5.73 Å². The van der Waals surface area contributed by atoms with Gasteiger partial charge in [-0.25, -0.2) is 0 Å². The van der Waals surface area contributed by atoms with Crippen molar-refractivity contribution in [1.29, 1.82) is 0 Å². The van der Waals surface area contributed by atoms with Crippen molar-refractivity contribution in [2.24, 2.45) is 7.05 Å². The maximum atomic E-state index is 6.17. The lowest BCUT2D eigenvalue weighted by Gasteiger charge is -2.22. The molecule has 0 aliphatic heterocycles. The van der Waals surface area contributed by atoms with Crippen LogP contribution in [0.2, 0.25) is 0 Å². The lowest BCUT2D eigenvalue weighted by Crippen LogP contribution is -2.30. The van der Waals surface area contributed by atoms with Crippen molar-refractivity contribution in [3.05, 3.63) is 5.69 Å². The SMILES string of the molecule is CC(C)c1nn(C)c(N(C)CCN(C)C)c1N. The second-order valence-corrected chi connectivity index (χ2v) is 5.13. The molecule has 2 N–H and O–H groups in total. The molecule has 0 aliphatic carbocycles. The first kappa shape index (κ1) is 13.8. The number of hydrogen-bond donors (Lipinski definition) is 1. The summed E-state index contributed by atoms with van der Waals surface area (Å²) in [4.78, 5) is 4.32. The summed E-state index contributed by atoms with van der Waals surface area (Å²) < 4.78 is 1.88. The summed E-state index contributed by atoms with van der Waals surface area (Å²) in [7, 11) is 8.14. The number of nitrogen functional groups attached to an aromatic ring is 1. The summed E-state index contributed by atoms with van der Waals surface area (Å²) in [6, 6.07) is 0. The minimum absolute atomic E-state index is 0.359. The second kappa shape index (κ2) is 5.40. The predicted molar refractivity (Wildman–Crippen MR) is 73.5 cm³/mol. The van der Waals surface area contributed by atoms with Gasteiger partial charge in [-0.15, -0.1) is 0 Å². The van der Waals surface area contributed by atoms with Crippen LogP contribution in [0.25, 0.3) is 0 Å². The van der Waals surface area contributed by atoms with Crippen LogP contribution in [0.15, 0.2) is 0 Å². The Hall–Kier alpha value is -1.23. The van der Waals surface area contributed by atoms with Gasteiger partial charge in [0.1, 0.15) is 5.82 Å². The van der Waals surface area contributed by atoms with Crippen LogP contribution < -0.4 is 10.6 Å². The molecule has 0 aromatic carbocycles. The first-order chi connectivity index (χ1) is 7.84. The van der Waals surface area contributed by atoms with Crippen LogP contribution in [0.1, 0.15) is 25.5 Å². The fourth-order valence-electron chi connectivity index (χ4n) is 1.89. The third-order valence-corrected chi connectivity index (χ3v) is 2.87. The maximum Gasteiger partial charge on any atom is 0.150 e. The van der Waals surface area contributed by atoms with Crippen molar-refractivity contribution in [1.82, 2.24) is 14.7 Å². The van der Waals surface area contributed by atoms with Crippen molar-refractivity contribution in [3.63, 3.8) is 0 Å². The molecule has 0 bridgehead atoms. The summed E-state index contributed by atoms with van der Waals surface area (Å²) in [6.07, 6.45) is 0. The molecule has 0 saturated heterocycles. The molecule has 5 heteroatoms. The Bertz CT molecular complexity index is 367. The number of likely N-dealkylation sites (N-methyl/N-ethyl adjacent to an activating group) is 2. The number of aromatic nitrogens is 2. The summed E-state index contributed by atoms with van der Waals surface area (Å²) in [5.41, 5.74) is 7.97. The highest BCUT2D eigenvalue weighted by Crippen LogP contribution is 2.29. The zero-order valence-electron chi connectivity index (χ0n) is 11.9.